The highest BCUT2D eigenvalue weighted by atomic mass is 32.1. The van der Waals surface area contributed by atoms with Gasteiger partial charge in [0, 0.05) is 12.3 Å². The highest BCUT2D eigenvalue weighted by molar-refractivity contribution is 7.15. The number of nitrogens with one attached hydrogen (secondary N) is 1. The van der Waals surface area contributed by atoms with Crippen molar-refractivity contribution in [3.63, 3.8) is 0 Å². The first-order chi connectivity index (χ1) is 7.74. The first-order valence-corrected chi connectivity index (χ1v) is 6.43. The Balaban J connectivity index is 1.70. The lowest BCUT2D eigenvalue weighted by Crippen LogP contribution is -2.14. The maximum Gasteiger partial charge on any atom is 0.229 e. The third-order valence-corrected chi connectivity index (χ3v) is 4.16. The van der Waals surface area contributed by atoms with Crippen molar-refractivity contribution >= 4 is 22.4 Å². The summed E-state index contributed by atoms with van der Waals surface area (Å²) in [4.78, 5) is 17.3. The monoisotopic (exact) mass is 238 g/mol. The molecule has 0 saturated heterocycles. The minimum absolute atomic E-state index is 0.125. The minimum Gasteiger partial charge on any atom is -0.375 e. The van der Waals surface area contributed by atoms with Crippen LogP contribution in [0, 0.1) is 11.8 Å². The quantitative estimate of drug-likeness (QED) is 0.855. The molecule has 1 aliphatic heterocycles. The zero-order valence-electron chi connectivity index (χ0n) is 9.16. The summed E-state index contributed by atoms with van der Waals surface area (Å²) in [5.74, 6) is 0.870. The van der Waals surface area contributed by atoms with E-state index in [2.05, 4.69) is 17.2 Å². The number of ether oxygens (including phenoxy) is 1. The second kappa shape index (κ2) is 3.82. The van der Waals surface area contributed by atoms with E-state index in [1.54, 1.807) is 11.3 Å². The fourth-order valence-corrected chi connectivity index (χ4v) is 2.91. The van der Waals surface area contributed by atoms with Crippen LogP contribution in [-0.4, -0.2) is 17.5 Å². The van der Waals surface area contributed by atoms with Gasteiger partial charge in [-0.3, -0.25) is 4.79 Å². The number of aromatic nitrogens is 1. The average Bonchev–Trinajstić information content (AvgIpc) is 2.87. The van der Waals surface area contributed by atoms with E-state index in [-0.39, 0.29) is 11.8 Å². The molecule has 1 aromatic heterocycles. The molecule has 1 N–H and O–H groups in total. The lowest BCUT2D eigenvalue weighted by atomic mass is 10.2. The highest BCUT2D eigenvalue weighted by Gasteiger charge is 2.39. The predicted molar refractivity (Wildman–Crippen MR) is 61.4 cm³/mol. The van der Waals surface area contributed by atoms with E-state index in [1.807, 2.05) is 0 Å². The summed E-state index contributed by atoms with van der Waals surface area (Å²) in [6, 6.07) is 0. The maximum absolute atomic E-state index is 11.7. The number of thiazole rings is 1. The molecule has 16 heavy (non-hydrogen) atoms. The lowest BCUT2D eigenvalue weighted by molar-refractivity contribution is -0.117. The van der Waals surface area contributed by atoms with Crippen molar-refractivity contribution in [3.8, 4) is 0 Å². The number of hydrogen-bond donors (Lipinski definition) is 1. The number of hydrogen-bond acceptors (Lipinski definition) is 4. The van der Waals surface area contributed by atoms with Gasteiger partial charge < -0.3 is 10.1 Å². The number of amides is 1. The minimum atomic E-state index is 0.125. The van der Waals surface area contributed by atoms with Gasteiger partial charge in [-0.2, -0.15) is 0 Å². The summed E-state index contributed by atoms with van der Waals surface area (Å²) in [5.41, 5.74) is 1.09. The van der Waals surface area contributed by atoms with Gasteiger partial charge in [0.15, 0.2) is 5.13 Å². The van der Waals surface area contributed by atoms with Crippen LogP contribution >= 0.6 is 11.3 Å². The molecule has 1 amide bonds. The molecule has 1 aromatic rings. The Hall–Kier alpha value is -0.940. The first kappa shape index (κ1) is 10.2. The molecular formula is C11H14N2O2S. The molecule has 2 atom stereocenters. The van der Waals surface area contributed by atoms with Gasteiger partial charge in [-0.1, -0.05) is 18.3 Å². The number of carbonyl (C=O) groups is 1. The number of carbonyl (C=O) groups excluding carboxylic acids is 1. The first-order valence-electron chi connectivity index (χ1n) is 5.61. The summed E-state index contributed by atoms with van der Waals surface area (Å²) in [6.07, 6.45) is 1.88. The van der Waals surface area contributed by atoms with E-state index in [0.29, 0.717) is 12.5 Å². The Morgan fingerprint density at radius 3 is 3.12 bits per heavy atom. The van der Waals surface area contributed by atoms with Crippen molar-refractivity contribution in [1.82, 2.24) is 4.98 Å². The van der Waals surface area contributed by atoms with Crippen LogP contribution in [0.3, 0.4) is 0 Å². The normalized spacial score (nSPS) is 27.3. The van der Waals surface area contributed by atoms with E-state index < -0.39 is 0 Å². The third-order valence-electron chi connectivity index (χ3n) is 3.17. The molecule has 1 aliphatic carbocycles. The lowest BCUT2D eigenvalue weighted by Gasteiger charge is -2.08. The van der Waals surface area contributed by atoms with Gasteiger partial charge >= 0.3 is 0 Å². The Labute approximate surface area is 98.0 Å². The Morgan fingerprint density at radius 2 is 2.44 bits per heavy atom. The molecule has 2 heterocycles. The number of rotatable bonds is 2. The van der Waals surface area contributed by atoms with Crippen LogP contribution < -0.4 is 5.32 Å². The van der Waals surface area contributed by atoms with E-state index in [0.717, 1.165) is 35.2 Å². The number of nitrogens with zero attached hydrogens (tertiary/aromatic N) is 1. The van der Waals surface area contributed by atoms with Gasteiger partial charge in [0.2, 0.25) is 5.91 Å². The third kappa shape index (κ3) is 1.85. The van der Waals surface area contributed by atoms with Crippen LogP contribution in [0.15, 0.2) is 0 Å². The number of fused-ring (bicyclic) bond motifs is 1. The van der Waals surface area contributed by atoms with Gasteiger partial charge in [0.1, 0.15) is 0 Å². The Morgan fingerprint density at radius 1 is 1.62 bits per heavy atom. The smallest absolute Gasteiger partial charge is 0.229 e. The fraction of sp³-hybridized carbons (Fsp3) is 0.636. The molecular weight excluding hydrogens is 224 g/mol. The van der Waals surface area contributed by atoms with E-state index in [4.69, 9.17) is 4.74 Å². The molecule has 1 saturated carbocycles. The van der Waals surface area contributed by atoms with Crippen molar-refractivity contribution in [2.24, 2.45) is 11.8 Å². The molecule has 1 fully saturated rings. The van der Waals surface area contributed by atoms with Gasteiger partial charge in [-0.15, -0.1) is 0 Å². The maximum atomic E-state index is 11.7. The summed E-state index contributed by atoms with van der Waals surface area (Å²) in [7, 11) is 0. The zero-order valence-corrected chi connectivity index (χ0v) is 9.97. The second-order valence-electron chi connectivity index (χ2n) is 4.50. The molecule has 0 unspecified atom stereocenters. The highest BCUT2D eigenvalue weighted by Crippen LogP contribution is 2.39. The largest absolute Gasteiger partial charge is 0.375 e. The average molecular weight is 238 g/mol. The molecule has 0 spiro atoms. The van der Waals surface area contributed by atoms with Crippen LogP contribution in [0.1, 0.15) is 23.9 Å². The summed E-state index contributed by atoms with van der Waals surface area (Å²) >= 11 is 1.54. The van der Waals surface area contributed by atoms with Gasteiger partial charge in [0.05, 0.1) is 23.8 Å². The summed E-state index contributed by atoms with van der Waals surface area (Å²) in [5, 5.41) is 3.64. The molecule has 5 heteroatoms. The molecule has 3 rings (SSSR count). The topological polar surface area (TPSA) is 51.2 Å². The van der Waals surface area contributed by atoms with Crippen molar-refractivity contribution in [3.05, 3.63) is 10.6 Å². The molecule has 86 valence electrons. The summed E-state index contributed by atoms with van der Waals surface area (Å²) < 4.78 is 5.35. The second-order valence-corrected chi connectivity index (χ2v) is 5.58. The van der Waals surface area contributed by atoms with Crippen LogP contribution in [0.4, 0.5) is 5.13 Å². The SMILES string of the molecule is C[C@H]1C[C@H]1C(=O)Nc1nc2c(s1)COCC2. The molecule has 0 bridgehead atoms. The van der Waals surface area contributed by atoms with Crippen LogP contribution in [0.2, 0.25) is 0 Å². The Kier molecular flexibility index (Phi) is 2.44. The van der Waals surface area contributed by atoms with Crippen molar-refractivity contribution in [2.45, 2.75) is 26.4 Å². The molecule has 4 nitrogen and oxygen atoms in total. The van der Waals surface area contributed by atoms with Crippen molar-refractivity contribution in [1.29, 1.82) is 0 Å². The zero-order chi connectivity index (χ0) is 11.1. The van der Waals surface area contributed by atoms with Gasteiger partial charge in [-0.05, 0) is 12.3 Å². The van der Waals surface area contributed by atoms with Crippen LogP contribution in [0.5, 0.6) is 0 Å². The molecule has 2 aliphatic rings. The standard InChI is InChI=1S/C11H14N2O2S/c1-6-4-7(6)10(14)13-11-12-8-2-3-15-5-9(8)16-11/h6-7H,2-5H2,1H3,(H,12,13,14)/t6-,7+/m0/s1. The van der Waals surface area contributed by atoms with Crippen LogP contribution in [-0.2, 0) is 22.6 Å². The van der Waals surface area contributed by atoms with Crippen LogP contribution in [0.25, 0.3) is 0 Å². The number of anilines is 1. The van der Waals surface area contributed by atoms with E-state index in [1.165, 1.54) is 0 Å². The Bertz CT molecular complexity index is 406. The molecule has 0 aromatic carbocycles. The van der Waals surface area contributed by atoms with E-state index in [9.17, 15) is 4.79 Å². The van der Waals surface area contributed by atoms with Gasteiger partial charge in [0.25, 0.3) is 0 Å². The van der Waals surface area contributed by atoms with E-state index >= 15 is 0 Å². The van der Waals surface area contributed by atoms with Crippen molar-refractivity contribution in [2.75, 3.05) is 11.9 Å². The predicted octanol–water partition coefficient (Wildman–Crippen LogP) is 1.81. The molecule has 0 radical (unpaired) electrons. The van der Waals surface area contributed by atoms with Gasteiger partial charge in [-0.25, -0.2) is 4.98 Å². The van der Waals surface area contributed by atoms with Crippen molar-refractivity contribution < 1.29 is 9.53 Å². The fourth-order valence-electron chi connectivity index (χ4n) is 1.96. The summed E-state index contributed by atoms with van der Waals surface area (Å²) in [6.45, 7) is 3.48.